The monoisotopic (exact) mass is 284 g/mol. The Hall–Kier alpha value is -1.21. The molecule has 0 spiro atoms. The summed E-state index contributed by atoms with van der Waals surface area (Å²) in [5.41, 5.74) is 0. The van der Waals surface area contributed by atoms with Crippen molar-refractivity contribution in [3.05, 3.63) is 5.82 Å². The van der Waals surface area contributed by atoms with E-state index >= 15 is 0 Å². The van der Waals surface area contributed by atoms with Gasteiger partial charge in [-0.2, -0.15) is 4.37 Å². The zero-order valence-corrected chi connectivity index (χ0v) is 12.2. The van der Waals surface area contributed by atoms with Gasteiger partial charge in [0.15, 0.2) is 0 Å². The molecule has 1 fully saturated rings. The lowest BCUT2D eigenvalue weighted by Gasteiger charge is -2.26. The van der Waals surface area contributed by atoms with Gasteiger partial charge in [0.2, 0.25) is 11.0 Å². The maximum absolute atomic E-state index is 11.9. The lowest BCUT2D eigenvalue weighted by atomic mass is 10.2. The van der Waals surface area contributed by atoms with E-state index in [1.807, 2.05) is 4.90 Å². The molecule has 0 unspecified atom stereocenters. The van der Waals surface area contributed by atoms with E-state index in [1.165, 1.54) is 11.5 Å². The van der Waals surface area contributed by atoms with Crippen LogP contribution in [0.4, 0.5) is 5.13 Å². The summed E-state index contributed by atoms with van der Waals surface area (Å²) in [6.45, 7) is 7.43. The van der Waals surface area contributed by atoms with Crippen LogP contribution in [0.25, 0.3) is 0 Å². The first-order chi connectivity index (χ1) is 9.16. The number of nitrogens with one attached hydrogen (secondary N) is 1. The number of amides is 1. The molecular formula is C12H20N4O2S. The quantitative estimate of drug-likeness (QED) is 0.883. The van der Waals surface area contributed by atoms with Gasteiger partial charge in [-0.25, -0.2) is 4.98 Å². The number of carbonyl (C=O) groups excluding carboxylic acids is 1. The highest BCUT2D eigenvalue weighted by Gasteiger charge is 2.16. The number of morpholine rings is 1. The van der Waals surface area contributed by atoms with Crippen molar-refractivity contribution in [3.8, 4) is 0 Å². The van der Waals surface area contributed by atoms with Crippen LogP contribution in [0, 0.1) is 0 Å². The van der Waals surface area contributed by atoms with Gasteiger partial charge in [-0.05, 0) is 0 Å². The highest BCUT2D eigenvalue weighted by Crippen LogP contribution is 2.17. The zero-order valence-electron chi connectivity index (χ0n) is 11.4. The van der Waals surface area contributed by atoms with E-state index in [9.17, 15) is 4.79 Å². The van der Waals surface area contributed by atoms with E-state index in [2.05, 4.69) is 28.5 Å². The second-order valence-corrected chi connectivity index (χ2v) is 5.53. The number of anilines is 1. The summed E-state index contributed by atoms with van der Waals surface area (Å²) in [4.78, 5) is 18.1. The molecule has 6 nitrogen and oxygen atoms in total. The maximum Gasteiger partial charge on any atom is 0.224 e. The van der Waals surface area contributed by atoms with Crippen molar-refractivity contribution in [1.29, 1.82) is 0 Å². The SMILES string of the molecule is CC(C)c1nsc(NCCC(=O)N2CCOCC2)n1. The smallest absolute Gasteiger partial charge is 0.224 e. The molecule has 0 saturated carbocycles. The van der Waals surface area contributed by atoms with Crippen LogP contribution >= 0.6 is 11.5 Å². The van der Waals surface area contributed by atoms with Gasteiger partial charge >= 0.3 is 0 Å². The van der Waals surface area contributed by atoms with E-state index in [1.54, 1.807) is 0 Å². The Labute approximate surface area is 117 Å². The lowest BCUT2D eigenvalue weighted by Crippen LogP contribution is -2.41. The van der Waals surface area contributed by atoms with E-state index in [0.29, 0.717) is 45.2 Å². The van der Waals surface area contributed by atoms with E-state index in [4.69, 9.17) is 4.74 Å². The summed E-state index contributed by atoms with van der Waals surface area (Å²) in [6, 6.07) is 0. The largest absolute Gasteiger partial charge is 0.378 e. The van der Waals surface area contributed by atoms with Crippen molar-refractivity contribution >= 4 is 22.6 Å². The Balaban J connectivity index is 1.71. The van der Waals surface area contributed by atoms with Crippen molar-refractivity contribution in [2.24, 2.45) is 0 Å². The van der Waals surface area contributed by atoms with Gasteiger partial charge in [0, 0.05) is 43.5 Å². The molecule has 1 aromatic rings. The van der Waals surface area contributed by atoms with Crippen molar-refractivity contribution in [3.63, 3.8) is 0 Å². The zero-order chi connectivity index (χ0) is 13.7. The molecule has 1 saturated heterocycles. The molecule has 1 N–H and O–H groups in total. The van der Waals surface area contributed by atoms with Crippen LogP contribution in [-0.4, -0.2) is 53.0 Å². The fraction of sp³-hybridized carbons (Fsp3) is 0.750. The Kier molecular flexibility index (Phi) is 5.09. The second-order valence-electron chi connectivity index (χ2n) is 4.78. The fourth-order valence-corrected chi connectivity index (χ4v) is 2.52. The van der Waals surface area contributed by atoms with Crippen LogP contribution in [0.5, 0.6) is 0 Å². The average molecular weight is 284 g/mol. The minimum atomic E-state index is 0.171. The van der Waals surface area contributed by atoms with Crippen LogP contribution in [0.15, 0.2) is 0 Å². The summed E-state index contributed by atoms with van der Waals surface area (Å²) in [7, 11) is 0. The molecule has 2 rings (SSSR count). The first-order valence-corrected chi connectivity index (χ1v) is 7.37. The molecular weight excluding hydrogens is 264 g/mol. The molecule has 1 amide bonds. The summed E-state index contributed by atoms with van der Waals surface area (Å²) in [5, 5.41) is 3.95. The lowest BCUT2D eigenvalue weighted by molar-refractivity contribution is -0.134. The highest BCUT2D eigenvalue weighted by molar-refractivity contribution is 7.09. The predicted octanol–water partition coefficient (Wildman–Crippen LogP) is 1.32. The minimum Gasteiger partial charge on any atom is -0.378 e. The van der Waals surface area contributed by atoms with Gasteiger partial charge in [-0.1, -0.05) is 13.8 Å². The van der Waals surface area contributed by atoms with Gasteiger partial charge < -0.3 is 15.0 Å². The molecule has 0 bridgehead atoms. The van der Waals surface area contributed by atoms with E-state index in [-0.39, 0.29) is 5.91 Å². The van der Waals surface area contributed by atoms with Crippen LogP contribution in [-0.2, 0) is 9.53 Å². The van der Waals surface area contributed by atoms with E-state index < -0.39 is 0 Å². The summed E-state index contributed by atoms with van der Waals surface area (Å²) in [5.74, 6) is 1.36. The third kappa shape index (κ3) is 4.14. The minimum absolute atomic E-state index is 0.171. The number of aromatic nitrogens is 2. The van der Waals surface area contributed by atoms with Crippen LogP contribution in [0.1, 0.15) is 32.0 Å². The molecule has 2 heterocycles. The van der Waals surface area contributed by atoms with Crippen LogP contribution in [0.2, 0.25) is 0 Å². The first kappa shape index (κ1) is 14.2. The molecule has 19 heavy (non-hydrogen) atoms. The molecule has 1 aliphatic heterocycles. The Bertz CT molecular complexity index is 416. The Morgan fingerprint density at radius 1 is 1.47 bits per heavy atom. The molecule has 106 valence electrons. The van der Waals surface area contributed by atoms with Gasteiger partial charge in [-0.3, -0.25) is 4.79 Å². The molecule has 1 aromatic heterocycles. The summed E-state index contributed by atoms with van der Waals surface area (Å²) < 4.78 is 9.48. The Morgan fingerprint density at radius 3 is 2.84 bits per heavy atom. The normalized spacial score (nSPS) is 15.8. The van der Waals surface area contributed by atoms with Crippen molar-refractivity contribution < 1.29 is 9.53 Å². The maximum atomic E-state index is 11.9. The van der Waals surface area contributed by atoms with Gasteiger partial charge in [0.25, 0.3) is 0 Å². The molecule has 0 aromatic carbocycles. The van der Waals surface area contributed by atoms with Gasteiger partial charge in [0.05, 0.1) is 13.2 Å². The van der Waals surface area contributed by atoms with Crippen molar-refractivity contribution in [2.75, 3.05) is 38.2 Å². The number of ether oxygens (including phenoxy) is 1. The third-order valence-electron chi connectivity index (χ3n) is 2.94. The number of nitrogens with zero attached hydrogens (tertiary/aromatic N) is 3. The molecule has 1 aliphatic rings. The first-order valence-electron chi connectivity index (χ1n) is 6.60. The van der Waals surface area contributed by atoms with Crippen LogP contribution in [0.3, 0.4) is 0 Å². The molecule has 0 radical (unpaired) electrons. The standard InChI is InChI=1S/C12H20N4O2S/c1-9(2)11-14-12(19-15-11)13-4-3-10(17)16-5-7-18-8-6-16/h9H,3-8H2,1-2H3,(H,13,14,15). The molecule has 7 heteroatoms. The van der Waals surface area contributed by atoms with Gasteiger partial charge in [-0.15, -0.1) is 0 Å². The van der Waals surface area contributed by atoms with Crippen LogP contribution < -0.4 is 5.32 Å². The summed E-state index contributed by atoms with van der Waals surface area (Å²) in [6.07, 6.45) is 0.483. The second kappa shape index (κ2) is 6.81. The topological polar surface area (TPSA) is 67.4 Å². The van der Waals surface area contributed by atoms with E-state index in [0.717, 1.165) is 11.0 Å². The van der Waals surface area contributed by atoms with Crippen molar-refractivity contribution in [2.45, 2.75) is 26.2 Å². The molecule has 0 atom stereocenters. The van der Waals surface area contributed by atoms with Crippen molar-refractivity contribution in [1.82, 2.24) is 14.3 Å². The number of rotatable bonds is 5. The average Bonchev–Trinajstić information content (AvgIpc) is 2.89. The fourth-order valence-electron chi connectivity index (χ4n) is 1.79. The predicted molar refractivity (Wildman–Crippen MR) is 74.5 cm³/mol. The number of hydrogen-bond acceptors (Lipinski definition) is 6. The molecule has 0 aliphatic carbocycles. The third-order valence-corrected chi connectivity index (χ3v) is 3.62. The summed E-state index contributed by atoms with van der Waals surface area (Å²) >= 11 is 1.35. The number of carbonyl (C=O) groups is 1. The van der Waals surface area contributed by atoms with Gasteiger partial charge in [0.1, 0.15) is 5.82 Å². The Morgan fingerprint density at radius 2 is 2.21 bits per heavy atom. The number of hydrogen-bond donors (Lipinski definition) is 1. The highest BCUT2D eigenvalue weighted by atomic mass is 32.1.